The van der Waals surface area contributed by atoms with Crippen LogP contribution in [0.3, 0.4) is 0 Å². The van der Waals surface area contributed by atoms with Crippen molar-refractivity contribution in [3.05, 3.63) is 29.8 Å². The van der Waals surface area contributed by atoms with Gasteiger partial charge in [-0.2, -0.15) is 13.2 Å². The Bertz CT molecular complexity index is 403. The number of anilines is 1. The lowest BCUT2D eigenvalue weighted by Crippen LogP contribution is -2.32. The summed E-state index contributed by atoms with van der Waals surface area (Å²) in [5.74, 6) is 0. The van der Waals surface area contributed by atoms with Crippen LogP contribution in [0.1, 0.15) is 18.9 Å². The summed E-state index contributed by atoms with van der Waals surface area (Å²) in [6, 6.07) is 5.93. The number of hydrogen-bond acceptors (Lipinski definition) is 2. The highest BCUT2D eigenvalue weighted by molar-refractivity contribution is 5.50. The number of likely N-dealkylation sites (N-methyl/N-ethyl adjacent to an activating group) is 1. The van der Waals surface area contributed by atoms with Crippen molar-refractivity contribution >= 4 is 5.69 Å². The van der Waals surface area contributed by atoms with Crippen LogP contribution in [0.25, 0.3) is 0 Å². The summed E-state index contributed by atoms with van der Waals surface area (Å²) >= 11 is 0. The Morgan fingerprint density at radius 3 is 2.83 bits per heavy atom. The molecule has 2 nitrogen and oxygen atoms in total. The fourth-order valence-corrected chi connectivity index (χ4v) is 2.33. The Balaban J connectivity index is 2.10. The number of nitrogens with zero attached hydrogens (tertiary/aromatic N) is 1. The van der Waals surface area contributed by atoms with Crippen LogP contribution in [0.2, 0.25) is 0 Å². The van der Waals surface area contributed by atoms with Crippen LogP contribution < -0.4 is 10.2 Å². The molecule has 1 aromatic rings. The minimum atomic E-state index is -4.27. The lowest BCUT2D eigenvalue weighted by atomic mass is 10.2. The summed E-state index contributed by atoms with van der Waals surface area (Å²) in [6.07, 6.45) is -3.29. The first-order chi connectivity index (χ1) is 8.50. The van der Waals surface area contributed by atoms with Gasteiger partial charge in [0, 0.05) is 24.8 Å². The van der Waals surface area contributed by atoms with Crippen LogP contribution in [-0.2, 0) is 6.18 Å². The van der Waals surface area contributed by atoms with Crippen LogP contribution in [0.5, 0.6) is 0 Å². The summed E-state index contributed by atoms with van der Waals surface area (Å²) in [6.45, 7) is 4.50. The molecule has 0 spiro atoms. The first-order valence-electron chi connectivity index (χ1n) is 6.16. The predicted molar refractivity (Wildman–Crippen MR) is 65.7 cm³/mol. The molecule has 1 aliphatic heterocycles. The van der Waals surface area contributed by atoms with Crippen molar-refractivity contribution in [2.75, 3.05) is 24.5 Å². The Hall–Kier alpha value is -1.23. The number of nitrogens with one attached hydrogen (secondary N) is 1. The molecule has 0 bridgehead atoms. The van der Waals surface area contributed by atoms with Gasteiger partial charge < -0.3 is 10.2 Å². The van der Waals surface area contributed by atoms with Crippen molar-refractivity contribution in [1.29, 1.82) is 0 Å². The maximum atomic E-state index is 12.6. The third-order valence-electron chi connectivity index (χ3n) is 3.22. The molecule has 0 amide bonds. The second kappa shape index (κ2) is 5.18. The predicted octanol–water partition coefficient (Wildman–Crippen LogP) is 2.89. The molecule has 0 radical (unpaired) electrons. The molecule has 1 heterocycles. The van der Waals surface area contributed by atoms with Crippen molar-refractivity contribution in [2.24, 2.45) is 0 Å². The number of halogens is 3. The number of benzene rings is 1. The van der Waals surface area contributed by atoms with Crippen LogP contribution in [0.15, 0.2) is 24.3 Å². The summed E-state index contributed by atoms with van der Waals surface area (Å²) in [5, 5.41) is 3.33. The standard InChI is InChI=1S/C13H17F3N2/c1-2-17-11-6-7-18(9-11)12-5-3-4-10(8-12)13(14,15)16/h3-5,8,11,17H,2,6-7,9H2,1H3. The first kappa shape index (κ1) is 13.2. The smallest absolute Gasteiger partial charge is 0.370 e. The molecular formula is C13H17F3N2. The molecule has 2 rings (SSSR count). The molecule has 0 aliphatic carbocycles. The number of alkyl halides is 3. The van der Waals surface area contributed by atoms with E-state index in [0.29, 0.717) is 11.7 Å². The van der Waals surface area contributed by atoms with E-state index in [0.717, 1.165) is 32.1 Å². The number of rotatable bonds is 3. The van der Waals surface area contributed by atoms with Gasteiger partial charge in [0.1, 0.15) is 0 Å². The van der Waals surface area contributed by atoms with Gasteiger partial charge in [-0.3, -0.25) is 0 Å². The Morgan fingerprint density at radius 1 is 1.39 bits per heavy atom. The molecule has 1 aliphatic rings. The average Bonchev–Trinajstić information content (AvgIpc) is 2.77. The van der Waals surface area contributed by atoms with Gasteiger partial charge in [0.2, 0.25) is 0 Å². The van der Waals surface area contributed by atoms with Crippen LogP contribution >= 0.6 is 0 Å². The summed E-state index contributed by atoms with van der Waals surface area (Å²) < 4.78 is 37.9. The van der Waals surface area contributed by atoms with Gasteiger partial charge >= 0.3 is 6.18 Å². The van der Waals surface area contributed by atoms with Crippen molar-refractivity contribution in [2.45, 2.75) is 25.6 Å². The Labute approximate surface area is 105 Å². The van der Waals surface area contributed by atoms with Gasteiger partial charge in [-0.05, 0) is 31.2 Å². The monoisotopic (exact) mass is 258 g/mol. The molecule has 1 fully saturated rings. The zero-order valence-electron chi connectivity index (χ0n) is 10.3. The summed E-state index contributed by atoms with van der Waals surface area (Å²) in [4.78, 5) is 2.00. The van der Waals surface area contributed by atoms with Crippen LogP contribution in [0.4, 0.5) is 18.9 Å². The van der Waals surface area contributed by atoms with E-state index < -0.39 is 11.7 Å². The van der Waals surface area contributed by atoms with E-state index in [4.69, 9.17) is 0 Å². The molecule has 1 saturated heterocycles. The first-order valence-corrected chi connectivity index (χ1v) is 6.16. The minimum Gasteiger partial charge on any atom is -0.370 e. The quantitative estimate of drug-likeness (QED) is 0.896. The van der Waals surface area contributed by atoms with Crippen molar-refractivity contribution in [3.8, 4) is 0 Å². The molecule has 1 unspecified atom stereocenters. The van der Waals surface area contributed by atoms with E-state index >= 15 is 0 Å². The van der Waals surface area contributed by atoms with Crippen LogP contribution in [0, 0.1) is 0 Å². The average molecular weight is 258 g/mol. The zero-order chi connectivity index (χ0) is 13.2. The number of hydrogen-bond donors (Lipinski definition) is 1. The van der Waals surface area contributed by atoms with E-state index in [1.54, 1.807) is 6.07 Å². The highest BCUT2D eigenvalue weighted by Crippen LogP contribution is 2.32. The Kier molecular flexibility index (Phi) is 3.80. The fourth-order valence-electron chi connectivity index (χ4n) is 2.33. The van der Waals surface area contributed by atoms with E-state index in [1.165, 1.54) is 12.1 Å². The van der Waals surface area contributed by atoms with Gasteiger partial charge in [-0.15, -0.1) is 0 Å². The second-order valence-corrected chi connectivity index (χ2v) is 4.54. The topological polar surface area (TPSA) is 15.3 Å². The molecule has 0 saturated carbocycles. The maximum absolute atomic E-state index is 12.6. The highest BCUT2D eigenvalue weighted by atomic mass is 19.4. The highest BCUT2D eigenvalue weighted by Gasteiger charge is 2.31. The lowest BCUT2D eigenvalue weighted by molar-refractivity contribution is -0.137. The van der Waals surface area contributed by atoms with Crippen molar-refractivity contribution < 1.29 is 13.2 Å². The third kappa shape index (κ3) is 2.96. The summed E-state index contributed by atoms with van der Waals surface area (Å²) in [7, 11) is 0. The van der Waals surface area contributed by atoms with Gasteiger partial charge in [-0.25, -0.2) is 0 Å². The fraction of sp³-hybridized carbons (Fsp3) is 0.538. The Morgan fingerprint density at radius 2 is 2.17 bits per heavy atom. The molecule has 5 heteroatoms. The van der Waals surface area contributed by atoms with Crippen LogP contribution in [-0.4, -0.2) is 25.7 Å². The van der Waals surface area contributed by atoms with Gasteiger partial charge in [-0.1, -0.05) is 13.0 Å². The third-order valence-corrected chi connectivity index (χ3v) is 3.22. The van der Waals surface area contributed by atoms with E-state index in [-0.39, 0.29) is 0 Å². The second-order valence-electron chi connectivity index (χ2n) is 4.54. The largest absolute Gasteiger partial charge is 0.416 e. The van der Waals surface area contributed by atoms with Gasteiger partial charge in [0.05, 0.1) is 5.56 Å². The summed E-state index contributed by atoms with van der Waals surface area (Å²) in [5.41, 5.74) is 0.0807. The molecule has 18 heavy (non-hydrogen) atoms. The van der Waals surface area contributed by atoms with Gasteiger partial charge in [0.15, 0.2) is 0 Å². The maximum Gasteiger partial charge on any atom is 0.416 e. The van der Waals surface area contributed by atoms with Crippen molar-refractivity contribution in [1.82, 2.24) is 5.32 Å². The molecule has 1 aromatic carbocycles. The minimum absolute atomic E-state index is 0.379. The molecule has 0 aromatic heterocycles. The molecule has 1 atom stereocenters. The normalized spacial score (nSPS) is 20.4. The lowest BCUT2D eigenvalue weighted by Gasteiger charge is -2.20. The van der Waals surface area contributed by atoms with Crippen molar-refractivity contribution in [3.63, 3.8) is 0 Å². The molecule has 1 N–H and O–H groups in total. The van der Waals surface area contributed by atoms with E-state index in [9.17, 15) is 13.2 Å². The molecule has 100 valence electrons. The SMILES string of the molecule is CCNC1CCN(c2cccc(C(F)(F)F)c2)C1. The van der Waals surface area contributed by atoms with Gasteiger partial charge in [0.25, 0.3) is 0 Å². The molecular weight excluding hydrogens is 241 g/mol. The zero-order valence-corrected chi connectivity index (χ0v) is 10.3. The van der Waals surface area contributed by atoms with E-state index in [1.807, 2.05) is 11.8 Å². The van der Waals surface area contributed by atoms with E-state index in [2.05, 4.69) is 5.32 Å².